The predicted octanol–water partition coefficient (Wildman–Crippen LogP) is 2.57. The van der Waals surface area contributed by atoms with Crippen molar-refractivity contribution in [2.75, 3.05) is 37.8 Å². The molecule has 1 aromatic heterocycles. The zero-order chi connectivity index (χ0) is 15.3. The van der Waals surface area contributed by atoms with Crippen LogP contribution in [0.3, 0.4) is 0 Å². The summed E-state index contributed by atoms with van der Waals surface area (Å²) in [5, 5.41) is 6.48. The Hall–Kier alpha value is -1.36. The Kier molecular flexibility index (Phi) is 5.74. The molecule has 114 valence electrons. The van der Waals surface area contributed by atoms with Crippen LogP contribution in [0.2, 0.25) is 0 Å². The van der Waals surface area contributed by atoms with Crippen LogP contribution in [-0.2, 0) is 5.41 Å². The fraction of sp³-hybridized carbons (Fsp3) is 0.733. The highest BCUT2D eigenvalue weighted by Gasteiger charge is 2.18. The molecule has 0 unspecified atom stereocenters. The highest BCUT2D eigenvalue weighted by atomic mass is 15.1. The monoisotopic (exact) mass is 279 g/mol. The first-order chi connectivity index (χ1) is 9.24. The van der Waals surface area contributed by atoms with Crippen LogP contribution in [0.1, 0.15) is 40.4 Å². The third kappa shape index (κ3) is 4.96. The molecule has 0 amide bonds. The third-order valence-corrected chi connectivity index (χ3v) is 3.31. The number of hydrogen-bond donors (Lipinski definition) is 2. The molecule has 5 heteroatoms. The van der Waals surface area contributed by atoms with Gasteiger partial charge in [0.25, 0.3) is 0 Å². The average molecular weight is 279 g/mol. The van der Waals surface area contributed by atoms with Crippen molar-refractivity contribution >= 4 is 11.6 Å². The van der Waals surface area contributed by atoms with E-state index in [1.54, 1.807) is 0 Å². The summed E-state index contributed by atoms with van der Waals surface area (Å²) in [6, 6.07) is 2.50. The van der Waals surface area contributed by atoms with Crippen molar-refractivity contribution in [1.82, 2.24) is 14.9 Å². The first-order valence-electron chi connectivity index (χ1n) is 7.25. The Bertz CT molecular complexity index is 423. The molecular weight excluding hydrogens is 250 g/mol. The van der Waals surface area contributed by atoms with Crippen LogP contribution < -0.4 is 10.6 Å². The molecule has 0 aliphatic carbocycles. The van der Waals surface area contributed by atoms with Crippen LogP contribution in [0.4, 0.5) is 11.6 Å². The van der Waals surface area contributed by atoms with Gasteiger partial charge in [-0.2, -0.15) is 0 Å². The van der Waals surface area contributed by atoms with E-state index >= 15 is 0 Å². The lowest BCUT2D eigenvalue weighted by Crippen LogP contribution is -2.31. The fourth-order valence-corrected chi connectivity index (χ4v) is 1.62. The molecule has 0 fully saturated rings. The second-order valence-corrected chi connectivity index (χ2v) is 6.46. The van der Waals surface area contributed by atoms with Gasteiger partial charge in [0.1, 0.15) is 17.5 Å². The minimum absolute atomic E-state index is 0.0575. The SMILES string of the molecule is CNc1cc(NCCN(C)C(C)C)nc(C(C)(C)C)n1. The molecule has 0 saturated carbocycles. The number of hydrogen-bond acceptors (Lipinski definition) is 5. The zero-order valence-electron chi connectivity index (χ0n) is 13.9. The normalized spacial score (nSPS) is 12.1. The van der Waals surface area contributed by atoms with E-state index in [0.29, 0.717) is 6.04 Å². The lowest BCUT2D eigenvalue weighted by Gasteiger charge is -2.22. The first kappa shape index (κ1) is 16.7. The molecular formula is C15H29N5. The van der Waals surface area contributed by atoms with Gasteiger partial charge in [0.2, 0.25) is 0 Å². The summed E-state index contributed by atoms with van der Waals surface area (Å²) < 4.78 is 0. The van der Waals surface area contributed by atoms with E-state index in [9.17, 15) is 0 Å². The van der Waals surface area contributed by atoms with Gasteiger partial charge < -0.3 is 15.5 Å². The van der Waals surface area contributed by atoms with Crippen LogP contribution in [0.25, 0.3) is 0 Å². The van der Waals surface area contributed by atoms with Gasteiger partial charge in [-0.15, -0.1) is 0 Å². The molecule has 2 N–H and O–H groups in total. The molecule has 1 rings (SSSR count). The van der Waals surface area contributed by atoms with Crippen molar-refractivity contribution in [3.63, 3.8) is 0 Å². The Labute approximate surface area is 123 Å². The molecule has 0 bridgehead atoms. The largest absolute Gasteiger partial charge is 0.373 e. The third-order valence-electron chi connectivity index (χ3n) is 3.31. The highest BCUT2D eigenvalue weighted by molar-refractivity contribution is 5.47. The molecule has 0 aromatic carbocycles. The number of rotatable bonds is 6. The molecule has 0 aliphatic heterocycles. The van der Waals surface area contributed by atoms with Gasteiger partial charge in [-0.05, 0) is 20.9 Å². The minimum atomic E-state index is -0.0575. The maximum Gasteiger partial charge on any atom is 0.138 e. The van der Waals surface area contributed by atoms with Crippen molar-refractivity contribution in [2.45, 2.75) is 46.1 Å². The van der Waals surface area contributed by atoms with Gasteiger partial charge in [0.15, 0.2) is 0 Å². The summed E-state index contributed by atoms with van der Waals surface area (Å²) in [6.07, 6.45) is 0. The quantitative estimate of drug-likeness (QED) is 0.838. The van der Waals surface area contributed by atoms with Crippen LogP contribution in [0, 0.1) is 0 Å². The van der Waals surface area contributed by atoms with E-state index in [1.165, 1.54) is 0 Å². The lowest BCUT2D eigenvalue weighted by molar-refractivity contribution is 0.284. The summed E-state index contributed by atoms with van der Waals surface area (Å²) in [5.41, 5.74) is -0.0575. The number of likely N-dealkylation sites (N-methyl/N-ethyl adjacent to an activating group) is 1. The van der Waals surface area contributed by atoms with E-state index in [1.807, 2.05) is 13.1 Å². The summed E-state index contributed by atoms with van der Waals surface area (Å²) in [4.78, 5) is 11.4. The number of anilines is 2. The Morgan fingerprint density at radius 3 is 2.30 bits per heavy atom. The van der Waals surface area contributed by atoms with E-state index < -0.39 is 0 Å². The highest BCUT2D eigenvalue weighted by Crippen LogP contribution is 2.21. The lowest BCUT2D eigenvalue weighted by atomic mass is 9.96. The van der Waals surface area contributed by atoms with E-state index in [4.69, 9.17) is 0 Å². The summed E-state index contributed by atoms with van der Waals surface area (Å²) in [5.74, 6) is 2.58. The van der Waals surface area contributed by atoms with Crippen molar-refractivity contribution in [3.8, 4) is 0 Å². The van der Waals surface area contributed by atoms with Crippen molar-refractivity contribution in [2.24, 2.45) is 0 Å². The summed E-state index contributed by atoms with van der Waals surface area (Å²) in [7, 11) is 4.01. The smallest absolute Gasteiger partial charge is 0.138 e. The molecule has 1 heterocycles. The van der Waals surface area contributed by atoms with Crippen LogP contribution in [0.5, 0.6) is 0 Å². The van der Waals surface area contributed by atoms with Gasteiger partial charge in [0.05, 0.1) is 0 Å². The zero-order valence-corrected chi connectivity index (χ0v) is 13.9. The number of nitrogens with one attached hydrogen (secondary N) is 2. The Balaban J connectivity index is 2.75. The van der Waals surface area contributed by atoms with Crippen molar-refractivity contribution in [1.29, 1.82) is 0 Å². The molecule has 0 radical (unpaired) electrons. The average Bonchev–Trinajstić information content (AvgIpc) is 2.37. The van der Waals surface area contributed by atoms with Crippen LogP contribution in [0.15, 0.2) is 6.07 Å². The minimum Gasteiger partial charge on any atom is -0.373 e. The van der Waals surface area contributed by atoms with Gasteiger partial charge in [0, 0.05) is 37.7 Å². The molecule has 0 saturated heterocycles. The Morgan fingerprint density at radius 2 is 1.80 bits per heavy atom. The van der Waals surface area contributed by atoms with Crippen LogP contribution in [-0.4, -0.2) is 48.1 Å². The molecule has 0 atom stereocenters. The van der Waals surface area contributed by atoms with Gasteiger partial charge in [-0.25, -0.2) is 9.97 Å². The number of nitrogens with zero attached hydrogens (tertiary/aromatic N) is 3. The maximum absolute atomic E-state index is 4.61. The van der Waals surface area contributed by atoms with Gasteiger partial charge in [-0.1, -0.05) is 20.8 Å². The Morgan fingerprint density at radius 1 is 1.20 bits per heavy atom. The topological polar surface area (TPSA) is 53.1 Å². The summed E-state index contributed by atoms with van der Waals surface area (Å²) in [6.45, 7) is 12.6. The van der Waals surface area contributed by atoms with E-state index in [0.717, 1.165) is 30.5 Å². The van der Waals surface area contributed by atoms with E-state index in [-0.39, 0.29) is 5.41 Å². The molecule has 0 aliphatic rings. The van der Waals surface area contributed by atoms with Gasteiger partial charge >= 0.3 is 0 Å². The summed E-state index contributed by atoms with van der Waals surface area (Å²) >= 11 is 0. The number of aromatic nitrogens is 2. The molecule has 0 spiro atoms. The first-order valence-corrected chi connectivity index (χ1v) is 7.25. The molecule has 1 aromatic rings. The van der Waals surface area contributed by atoms with Crippen LogP contribution >= 0.6 is 0 Å². The second-order valence-electron chi connectivity index (χ2n) is 6.46. The van der Waals surface area contributed by atoms with Crippen molar-refractivity contribution < 1.29 is 0 Å². The van der Waals surface area contributed by atoms with Gasteiger partial charge in [-0.3, -0.25) is 0 Å². The van der Waals surface area contributed by atoms with E-state index in [2.05, 4.69) is 67.2 Å². The fourth-order valence-electron chi connectivity index (χ4n) is 1.62. The molecule has 5 nitrogen and oxygen atoms in total. The van der Waals surface area contributed by atoms with Crippen molar-refractivity contribution in [3.05, 3.63) is 11.9 Å². The maximum atomic E-state index is 4.61. The second kappa shape index (κ2) is 6.88. The standard InChI is InChI=1S/C15H29N5/c1-11(2)20(7)9-8-17-13-10-12(16-6)18-14(19-13)15(3,4)5/h10-11H,8-9H2,1-7H3,(H2,16,17,18,19). The predicted molar refractivity (Wildman–Crippen MR) is 86.5 cm³/mol. The molecule has 20 heavy (non-hydrogen) atoms.